The Kier molecular flexibility index (Phi) is 1.25. The highest BCUT2D eigenvalue weighted by Gasteiger charge is 2.06. The Balaban J connectivity index is 2.49. The minimum Gasteiger partial charge on any atom is -0.289 e. The highest BCUT2D eigenvalue weighted by atomic mass is 14.7. The minimum atomic E-state index is -0.241. The van der Waals surface area contributed by atoms with Crippen molar-refractivity contribution >= 4 is 5.71 Å². The quantitative estimate of drug-likeness (QED) is 0.532. The fourth-order valence-corrected chi connectivity index (χ4v) is 1.30. The predicted molar refractivity (Wildman–Crippen MR) is 47.0 cm³/mol. The third-order valence-corrected chi connectivity index (χ3v) is 1.92. The number of fused-ring (bicyclic) bond motifs is 1. The summed E-state index contributed by atoms with van der Waals surface area (Å²) >= 11 is 0. The van der Waals surface area contributed by atoms with E-state index in [1.807, 2.05) is 31.2 Å². The van der Waals surface area contributed by atoms with Gasteiger partial charge < -0.3 is 0 Å². The second-order valence-electron chi connectivity index (χ2n) is 2.80. The first kappa shape index (κ1) is 5.53. The van der Waals surface area contributed by atoms with Gasteiger partial charge in [-0.1, -0.05) is 24.3 Å². The van der Waals surface area contributed by atoms with Crippen molar-refractivity contribution in [1.82, 2.24) is 0 Å². The van der Waals surface area contributed by atoms with Crippen molar-refractivity contribution in [3.8, 4) is 0 Å². The molecule has 1 heterocycles. The van der Waals surface area contributed by atoms with Gasteiger partial charge in [0.15, 0.2) is 0 Å². The van der Waals surface area contributed by atoms with Crippen molar-refractivity contribution < 1.29 is 1.37 Å². The molecule has 1 unspecified atom stereocenters. The van der Waals surface area contributed by atoms with Crippen LogP contribution >= 0.6 is 0 Å². The lowest BCUT2D eigenvalue weighted by Gasteiger charge is -2.12. The molecule has 56 valence electrons. The van der Waals surface area contributed by atoms with Crippen LogP contribution in [0.3, 0.4) is 0 Å². The molecule has 1 nitrogen and oxygen atoms in total. The maximum atomic E-state index is 7.83. The zero-order chi connectivity index (χ0) is 8.55. The molecule has 1 aromatic carbocycles. The minimum absolute atomic E-state index is 0.241. The molecular weight excluding hydrogens is 134 g/mol. The average molecular weight is 146 g/mol. The van der Waals surface area contributed by atoms with Gasteiger partial charge >= 0.3 is 0 Å². The summed E-state index contributed by atoms with van der Waals surface area (Å²) in [5, 5.41) is 0. The standard InChI is InChI=1S/C10H11N/c1-8-6-9-4-2-3-5-10(9)7-11-8/h2-5H,6-7H2,1H3/i6D. The summed E-state index contributed by atoms with van der Waals surface area (Å²) in [6.07, 6.45) is -0.241. The Hall–Kier alpha value is -1.11. The van der Waals surface area contributed by atoms with Crippen LogP contribution in [0.25, 0.3) is 0 Å². The van der Waals surface area contributed by atoms with Crippen LogP contribution in [0.4, 0.5) is 0 Å². The van der Waals surface area contributed by atoms with Gasteiger partial charge in [-0.3, -0.25) is 4.99 Å². The lowest BCUT2D eigenvalue weighted by atomic mass is 10.00. The van der Waals surface area contributed by atoms with Gasteiger partial charge in [0.1, 0.15) is 0 Å². The van der Waals surface area contributed by atoms with Crippen molar-refractivity contribution in [2.24, 2.45) is 4.99 Å². The summed E-state index contributed by atoms with van der Waals surface area (Å²) in [7, 11) is 0. The highest BCUT2D eigenvalue weighted by molar-refractivity contribution is 5.85. The van der Waals surface area contributed by atoms with E-state index in [1.165, 1.54) is 5.56 Å². The summed E-state index contributed by atoms with van der Waals surface area (Å²) in [5.74, 6) is 0. The van der Waals surface area contributed by atoms with Gasteiger partial charge in [0, 0.05) is 13.5 Å². The van der Waals surface area contributed by atoms with Crippen LogP contribution in [0.1, 0.15) is 19.4 Å². The van der Waals surface area contributed by atoms with Gasteiger partial charge in [-0.25, -0.2) is 0 Å². The van der Waals surface area contributed by atoms with Crippen LogP contribution in [0.2, 0.25) is 0 Å². The maximum absolute atomic E-state index is 7.83. The smallest absolute Gasteiger partial charge is 0.0641 e. The van der Waals surface area contributed by atoms with Gasteiger partial charge in [0.25, 0.3) is 0 Å². The van der Waals surface area contributed by atoms with E-state index in [2.05, 4.69) is 4.99 Å². The molecule has 1 atom stereocenters. The zero-order valence-electron chi connectivity index (χ0n) is 7.54. The normalized spacial score (nSPS) is 23.5. The molecule has 0 fully saturated rings. The van der Waals surface area contributed by atoms with E-state index in [-0.39, 0.29) is 6.40 Å². The maximum Gasteiger partial charge on any atom is 0.0641 e. The van der Waals surface area contributed by atoms with Crippen LogP contribution in [-0.4, -0.2) is 5.71 Å². The van der Waals surface area contributed by atoms with Crippen molar-refractivity contribution in [1.29, 1.82) is 0 Å². The van der Waals surface area contributed by atoms with E-state index in [9.17, 15) is 0 Å². The molecule has 0 amide bonds. The number of benzene rings is 1. The molecule has 2 rings (SSSR count). The van der Waals surface area contributed by atoms with E-state index >= 15 is 0 Å². The topological polar surface area (TPSA) is 12.4 Å². The number of hydrogen-bond donors (Lipinski definition) is 0. The van der Waals surface area contributed by atoms with Crippen molar-refractivity contribution in [2.45, 2.75) is 19.9 Å². The SMILES string of the molecule is [2H]C1C(C)=NCc2ccccc21. The number of hydrogen-bond acceptors (Lipinski definition) is 1. The number of nitrogens with zero attached hydrogens (tertiary/aromatic N) is 1. The predicted octanol–water partition coefficient (Wildman–Crippen LogP) is 2.20. The number of rotatable bonds is 0. The van der Waals surface area contributed by atoms with Gasteiger partial charge in [-0.15, -0.1) is 0 Å². The van der Waals surface area contributed by atoms with E-state index in [0.717, 1.165) is 17.8 Å². The summed E-state index contributed by atoms with van der Waals surface area (Å²) in [4.78, 5) is 4.28. The molecule has 1 aliphatic rings. The Morgan fingerprint density at radius 2 is 2.09 bits per heavy atom. The fourth-order valence-electron chi connectivity index (χ4n) is 1.30. The molecule has 11 heavy (non-hydrogen) atoms. The molecule has 0 aliphatic carbocycles. The van der Waals surface area contributed by atoms with Crippen LogP contribution in [0.5, 0.6) is 0 Å². The van der Waals surface area contributed by atoms with Crippen molar-refractivity contribution in [2.75, 3.05) is 0 Å². The molecule has 0 bridgehead atoms. The molecule has 1 heteroatoms. The Morgan fingerprint density at radius 3 is 2.91 bits per heavy atom. The molecule has 0 spiro atoms. The first-order chi connectivity index (χ1) is 5.79. The average Bonchev–Trinajstić information content (AvgIpc) is 2.12. The molecule has 0 N–H and O–H groups in total. The monoisotopic (exact) mass is 146 g/mol. The highest BCUT2D eigenvalue weighted by Crippen LogP contribution is 2.15. The van der Waals surface area contributed by atoms with E-state index in [4.69, 9.17) is 1.37 Å². The lowest BCUT2D eigenvalue weighted by Crippen LogP contribution is -2.07. The van der Waals surface area contributed by atoms with Crippen molar-refractivity contribution in [3.63, 3.8) is 0 Å². The van der Waals surface area contributed by atoms with E-state index in [0.29, 0.717) is 0 Å². The molecule has 1 aromatic rings. The first-order valence-electron chi connectivity index (χ1n) is 4.38. The van der Waals surface area contributed by atoms with Crippen LogP contribution in [-0.2, 0) is 12.9 Å². The van der Waals surface area contributed by atoms with E-state index in [1.54, 1.807) is 0 Å². The Morgan fingerprint density at radius 1 is 1.36 bits per heavy atom. The summed E-state index contributed by atoms with van der Waals surface area (Å²) in [6, 6.07) is 8.05. The largest absolute Gasteiger partial charge is 0.289 e. The zero-order valence-corrected chi connectivity index (χ0v) is 6.54. The van der Waals surface area contributed by atoms with Crippen LogP contribution in [0.15, 0.2) is 29.3 Å². The van der Waals surface area contributed by atoms with Crippen LogP contribution in [0, 0.1) is 0 Å². The van der Waals surface area contributed by atoms with Gasteiger partial charge in [0.2, 0.25) is 0 Å². The summed E-state index contributed by atoms with van der Waals surface area (Å²) < 4.78 is 7.83. The summed E-state index contributed by atoms with van der Waals surface area (Å²) in [6.45, 7) is 2.67. The van der Waals surface area contributed by atoms with Gasteiger partial charge in [0.05, 0.1) is 6.54 Å². The molecule has 0 saturated heterocycles. The molecule has 0 aromatic heterocycles. The van der Waals surface area contributed by atoms with Crippen LogP contribution < -0.4 is 0 Å². The third kappa shape index (κ3) is 1.18. The molecule has 1 aliphatic heterocycles. The second kappa shape index (κ2) is 2.50. The Bertz CT molecular complexity index is 330. The summed E-state index contributed by atoms with van der Waals surface area (Å²) in [5.41, 5.74) is 3.24. The third-order valence-electron chi connectivity index (χ3n) is 1.92. The lowest BCUT2D eigenvalue weighted by molar-refractivity contribution is 0.983. The van der Waals surface area contributed by atoms with Crippen molar-refractivity contribution in [3.05, 3.63) is 35.4 Å². The van der Waals surface area contributed by atoms with Gasteiger partial charge in [-0.2, -0.15) is 0 Å². The molecular formula is C10H11N. The number of aliphatic imine (C=N–C) groups is 1. The Labute approximate surface area is 68.2 Å². The first-order valence-corrected chi connectivity index (χ1v) is 3.80. The van der Waals surface area contributed by atoms with Gasteiger partial charge in [-0.05, 0) is 18.1 Å². The van der Waals surface area contributed by atoms with E-state index < -0.39 is 0 Å². The molecule has 0 saturated carbocycles. The second-order valence-corrected chi connectivity index (χ2v) is 2.80. The molecule has 0 radical (unpaired) electrons. The fraction of sp³-hybridized carbons (Fsp3) is 0.300.